The Kier molecular flexibility index (Phi) is 2.06. The molecule has 13 heavy (non-hydrogen) atoms. The summed E-state index contributed by atoms with van der Waals surface area (Å²) in [4.78, 5) is 11.1. The zero-order chi connectivity index (χ0) is 9.47. The zero-order valence-corrected chi connectivity index (χ0v) is 8.08. The van der Waals surface area contributed by atoms with Crippen molar-refractivity contribution in [1.29, 1.82) is 0 Å². The van der Waals surface area contributed by atoms with Gasteiger partial charge in [-0.05, 0) is 37.5 Å². The van der Waals surface area contributed by atoms with E-state index in [0.717, 1.165) is 24.7 Å². The van der Waals surface area contributed by atoms with Gasteiger partial charge in [0.15, 0.2) is 0 Å². The number of carbonyl (C=O) groups is 1. The Bertz CT molecular complexity index is 215. The van der Waals surface area contributed by atoms with Crippen LogP contribution >= 0.6 is 0 Å². The molecule has 2 fully saturated rings. The smallest absolute Gasteiger partial charge is 0.307 e. The number of esters is 1. The summed E-state index contributed by atoms with van der Waals surface area (Å²) in [6.45, 7) is 0. The normalized spacial score (nSPS) is 42.3. The lowest BCUT2D eigenvalue weighted by atomic mass is 9.77. The highest BCUT2D eigenvalue weighted by Gasteiger charge is 2.47. The third-order valence-electron chi connectivity index (χ3n) is 3.64. The maximum absolute atomic E-state index is 11.1. The van der Waals surface area contributed by atoms with Crippen molar-refractivity contribution < 1.29 is 9.53 Å². The summed E-state index contributed by atoms with van der Waals surface area (Å²) in [5, 5.41) is 0. The van der Waals surface area contributed by atoms with E-state index in [1.165, 1.54) is 20.0 Å². The lowest BCUT2D eigenvalue weighted by molar-refractivity contribution is -0.142. The van der Waals surface area contributed by atoms with Gasteiger partial charge in [0, 0.05) is 5.54 Å². The van der Waals surface area contributed by atoms with Crippen molar-refractivity contribution in [2.45, 2.75) is 37.6 Å². The molecule has 0 amide bonds. The van der Waals surface area contributed by atoms with Crippen LogP contribution in [0.15, 0.2) is 0 Å². The standard InChI is InChI=1S/C10H17NO2/c1-13-9(12)6-10(11)4-7-2-3-8(7)5-10/h7-8H,2-6,11H2,1H3. The number of methoxy groups -OCH3 is 1. The molecule has 3 nitrogen and oxygen atoms in total. The molecule has 0 aliphatic heterocycles. The Hall–Kier alpha value is -0.570. The molecule has 2 rings (SSSR count). The molecule has 74 valence electrons. The molecule has 0 saturated heterocycles. The summed E-state index contributed by atoms with van der Waals surface area (Å²) in [6.07, 6.45) is 5.06. The molecular formula is C10H17NO2. The third kappa shape index (κ3) is 1.57. The second kappa shape index (κ2) is 2.98. The van der Waals surface area contributed by atoms with Gasteiger partial charge in [-0.2, -0.15) is 0 Å². The van der Waals surface area contributed by atoms with Gasteiger partial charge < -0.3 is 10.5 Å². The molecule has 0 spiro atoms. The number of hydrogen-bond donors (Lipinski definition) is 1. The van der Waals surface area contributed by atoms with Crippen molar-refractivity contribution in [2.24, 2.45) is 17.6 Å². The fourth-order valence-electron chi connectivity index (χ4n) is 2.81. The van der Waals surface area contributed by atoms with Gasteiger partial charge in [0.1, 0.15) is 0 Å². The predicted molar refractivity (Wildman–Crippen MR) is 49.0 cm³/mol. The van der Waals surface area contributed by atoms with Gasteiger partial charge in [-0.15, -0.1) is 0 Å². The van der Waals surface area contributed by atoms with Crippen molar-refractivity contribution in [2.75, 3.05) is 7.11 Å². The number of ether oxygens (including phenoxy) is 1. The first kappa shape index (κ1) is 9.00. The molecule has 0 bridgehead atoms. The third-order valence-corrected chi connectivity index (χ3v) is 3.64. The van der Waals surface area contributed by atoms with Gasteiger partial charge in [0.05, 0.1) is 13.5 Å². The maximum atomic E-state index is 11.1. The van der Waals surface area contributed by atoms with E-state index >= 15 is 0 Å². The monoisotopic (exact) mass is 183 g/mol. The highest BCUT2D eigenvalue weighted by molar-refractivity contribution is 5.70. The lowest BCUT2D eigenvalue weighted by Gasteiger charge is -2.29. The molecule has 2 aliphatic carbocycles. The Balaban J connectivity index is 1.93. The first-order chi connectivity index (χ1) is 6.13. The molecule has 0 aromatic carbocycles. The first-order valence-electron chi connectivity index (χ1n) is 4.99. The molecular weight excluding hydrogens is 166 g/mol. The van der Waals surface area contributed by atoms with Crippen molar-refractivity contribution in [1.82, 2.24) is 0 Å². The van der Waals surface area contributed by atoms with E-state index in [0.29, 0.717) is 6.42 Å². The fraction of sp³-hybridized carbons (Fsp3) is 0.900. The Morgan fingerprint density at radius 2 is 2.00 bits per heavy atom. The molecule has 0 radical (unpaired) electrons. The summed E-state index contributed by atoms with van der Waals surface area (Å²) < 4.78 is 4.65. The number of fused-ring (bicyclic) bond motifs is 1. The van der Waals surface area contributed by atoms with Gasteiger partial charge in [-0.1, -0.05) is 0 Å². The maximum Gasteiger partial charge on any atom is 0.307 e. The van der Waals surface area contributed by atoms with Gasteiger partial charge in [0.2, 0.25) is 0 Å². The fourth-order valence-corrected chi connectivity index (χ4v) is 2.81. The lowest BCUT2D eigenvalue weighted by Crippen LogP contribution is -2.39. The van der Waals surface area contributed by atoms with E-state index in [-0.39, 0.29) is 11.5 Å². The van der Waals surface area contributed by atoms with Gasteiger partial charge in [-0.3, -0.25) is 4.79 Å². The number of rotatable bonds is 2. The highest BCUT2D eigenvalue weighted by atomic mass is 16.5. The van der Waals surface area contributed by atoms with Crippen molar-refractivity contribution in [3.05, 3.63) is 0 Å². The quantitative estimate of drug-likeness (QED) is 0.651. The van der Waals surface area contributed by atoms with E-state index in [4.69, 9.17) is 5.73 Å². The molecule has 2 unspecified atom stereocenters. The Labute approximate surface area is 78.6 Å². The Morgan fingerprint density at radius 1 is 1.46 bits per heavy atom. The summed E-state index contributed by atoms with van der Waals surface area (Å²) in [6, 6.07) is 0. The van der Waals surface area contributed by atoms with E-state index in [2.05, 4.69) is 4.74 Å². The minimum atomic E-state index is -0.251. The van der Waals surface area contributed by atoms with Gasteiger partial charge in [-0.25, -0.2) is 0 Å². The first-order valence-corrected chi connectivity index (χ1v) is 4.99. The summed E-state index contributed by atoms with van der Waals surface area (Å²) in [5.41, 5.74) is 5.90. The van der Waals surface area contributed by atoms with Crippen LogP contribution in [0.3, 0.4) is 0 Å². The minimum absolute atomic E-state index is 0.163. The van der Waals surface area contributed by atoms with Crippen molar-refractivity contribution in [3.63, 3.8) is 0 Å². The van der Waals surface area contributed by atoms with Crippen LogP contribution in [0.1, 0.15) is 32.1 Å². The van der Waals surface area contributed by atoms with Crippen LogP contribution in [0.25, 0.3) is 0 Å². The SMILES string of the molecule is COC(=O)CC1(N)CC2CCC2C1. The molecule has 3 heteroatoms. The molecule has 2 saturated carbocycles. The second-order valence-corrected chi connectivity index (χ2v) is 4.62. The van der Waals surface area contributed by atoms with E-state index in [1.807, 2.05) is 0 Å². The van der Waals surface area contributed by atoms with Gasteiger partial charge >= 0.3 is 5.97 Å². The van der Waals surface area contributed by atoms with Gasteiger partial charge in [0.25, 0.3) is 0 Å². The minimum Gasteiger partial charge on any atom is -0.469 e. The summed E-state index contributed by atoms with van der Waals surface area (Å²) in [5.74, 6) is 1.44. The summed E-state index contributed by atoms with van der Waals surface area (Å²) >= 11 is 0. The highest BCUT2D eigenvalue weighted by Crippen LogP contribution is 2.51. The number of carbonyl (C=O) groups excluding carboxylic acids is 1. The van der Waals surface area contributed by atoms with Crippen LogP contribution in [0.2, 0.25) is 0 Å². The average molecular weight is 183 g/mol. The molecule has 0 heterocycles. The topological polar surface area (TPSA) is 52.3 Å². The predicted octanol–water partition coefficient (Wildman–Crippen LogP) is 1.07. The van der Waals surface area contributed by atoms with Crippen LogP contribution in [0.5, 0.6) is 0 Å². The largest absolute Gasteiger partial charge is 0.469 e. The van der Waals surface area contributed by atoms with E-state index < -0.39 is 0 Å². The van der Waals surface area contributed by atoms with E-state index in [9.17, 15) is 4.79 Å². The van der Waals surface area contributed by atoms with Crippen molar-refractivity contribution >= 4 is 5.97 Å². The van der Waals surface area contributed by atoms with Crippen molar-refractivity contribution in [3.8, 4) is 0 Å². The zero-order valence-electron chi connectivity index (χ0n) is 8.08. The Morgan fingerprint density at radius 3 is 2.38 bits per heavy atom. The summed E-state index contributed by atoms with van der Waals surface area (Å²) in [7, 11) is 1.43. The van der Waals surface area contributed by atoms with E-state index in [1.54, 1.807) is 0 Å². The number of hydrogen-bond acceptors (Lipinski definition) is 3. The molecule has 2 N–H and O–H groups in total. The second-order valence-electron chi connectivity index (χ2n) is 4.62. The average Bonchev–Trinajstić information content (AvgIpc) is 2.28. The van der Waals surface area contributed by atoms with Crippen LogP contribution in [-0.2, 0) is 9.53 Å². The van der Waals surface area contributed by atoms with Crippen LogP contribution < -0.4 is 5.73 Å². The number of nitrogens with two attached hydrogens (primary N) is 1. The molecule has 2 atom stereocenters. The molecule has 2 aliphatic rings. The molecule has 0 aromatic heterocycles. The van der Waals surface area contributed by atoms with Crippen LogP contribution in [0.4, 0.5) is 0 Å². The van der Waals surface area contributed by atoms with Crippen LogP contribution in [-0.4, -0.2) is 18.6 Å². The molecule has 0 aromatic rings. The van der Waals surface area contributed by atoms with Crippen LogP contribution in [0, 0.1) is 11.8 Å².